The zero-order chi connectivity index (χ0) is 26.5. The van der Waals surface area contributed by atoms with Gasteiger partial charge in [-0.05, 0) is 0 Å². The van der Waals surface area contributed by atoms with Gasteiger partial charge in [0.15, 0.2) is 0 Å². The van der Waals surface area contributed by atoms with Crippen molar-refractivity contribution in [2.45, 2.75) is 104 Å². The van der Waals surface area contributed by atoms with Gasteiger partial charge in [0.1, 0.15) is 0 Å². The van der Waals surface area contributed by atoms with Crippen LogP contribution in [0.5, 0.6) is 0 Å². The van der Waals surface area contributed by atoms with Gasteiger partial charge in [-0.3, -0.25) is 0 Å². The molecule has 2 rings (SSSR count). The van der Waals surface area contributed by atoms with E-state index in [0.717, 1.165) is 17.3 Å². The minimum absolute atomic E-state index is 0.258. The Labute approximate surface area is 225 Å². The molecule has 200 valence electrons. The normalized spacial score (nSPS) is 13.8. The van der Waals surface area contributed by atoms with Crippen LogP contribution < -0.4 is 10.6 Å². The van der Waals surface area contributed by atoms with E-state index in [-0.39, 0.29) is 5.97 Å². The van der Waals surface area contributed by atoms with Crippen LogP contribution in [-0.4, -0.2) is 24.3 Å². The molecule has 1 unspecified atom stereocenters. The van der Waals surface area contributed by atoms with E-state index in [1.165, 1.54) is 51.8 Å². The summed E-state index contributed by atoms with van der Waals surface area (Å²) in [6.45, 7) is 11.1. The summed E-state index contributed by atoms with van der Waals surface area (Å²) in [6.07, 6.45) is 9.16. The van der Waals surface area contributed by atoms with Gasteiger partial charge in [0.25, 0.3) is 0 Å². The molecular weight excluding hydrogens is 570 g/mol. The molecule has 0 heterocycles. The van der Waals surface area contributed by atoms with Crippen molar-refractivity contribution in [2.24, 2.45) is 5.41 Å². The summed E-state index contributed by atoms with van der Waals surface area (Å²) >= 11 is -2.66. The standard InChI is InChI=1S/C19H22O3P.3C4H9.Sn/c1-4-15-19(2,3)18(20)22-23(21,16-11-7-5-8-12-16)17-13-9-6-10-14-17;3*1-3-4-2;/h5-14H,2,4,15H2,1,3H3;3*1,3-4H2,2H3;. The maximum atomic E-state index is 14.5. The number of unbranched alkanes of at least 4 members (excludes halogenated alkanes) is 3. The molecule has 0 spiro atoms. The molecule has 0 aromatic heterocycles. The number of hydrogen-bond acceptors (Lipinski definition) is 3. The van der Waals surface area contributed by atoms with E-state index in [4.69, 9.17) is 4.52 Å². The average molecular weight is 619 g/mol. The van der Waals surface area contributed by atoms with Crippen molar-refractivity contribution in [1.82, 2.24) is 0 Å². The number of carbonyl (C=O) groups excluding carboxylic acids is 1. The van der Waals surface area contributed by atoms with E-state index in [0.29, 0.717) is 10.6 Å². The van der Waals surface area contributed by atoms with Gasteiger partial charge in [0.05, 0.1) is 0 Å². The fraction of sp³-hybridized carbons (Fsp3) is 0.581. The topological polar surface area (TPSA) is 43.4 Å². The Morgan fingerprint density at radius 2 is 1.17 bits per heavy atom. The van der Waals surface area contributed by atoms with Crippen LogP contribution in [0, 0.1) is 5.41 Å². The molecular formula is C31H49O3PSn. The SMILES string of the molecule is CCC[CH2][Sn]([CH2]CCC)([CH2]CCC)[CH2]C(C)(CCC)C(=O)OP(=O)(c1ccccc1)c1ccccc1. The molecule has 0 bridgehead atoms. The van der Waals surface area contributed by atoms with E-state index >= 15 is 0 Å². The second-order valence-corrected chi connectivity index (χ2v) is 27.1. The number of carbonyl (C=O) groups is 1. The Bertz CT molecular complexity index is 882. The van der Waals surface area contributed by atoms with Crippen LogP contribution in [0.3, 0.4) is 0 Å². The Morgan fingerprint density at radius 3 is 1.53 bits per heavy atom. The van der Waals surface area contributed by atoms with Gasteiger partial charge in [-0.2, -0.15) is 0 Å². The third-order valence-corrected chi connectivity index (χ3v) is 26.5. The Hall–Kier alpha value is -1.06. The molecule has 2 aromatic carbocycles. The van der Waals surface area contributed by atoms with Crippen molar-refractivity contribution < 1.29 is 13.9 Å². The molecule has 3 nitrogen and oxygen atoms in total. The quantitative estimate of drug-likeness (QED) is 0.131. The fourth-order valence-corrected chi connectivity index (χ4v) is 26.5. The fourth-order valence-electron chi connectivity index (χ4n) is 5.67. The van der Waals surface area contributed by atoms with Crippen LogP contribution in [0.25, 0.3) is 0 Å². The molecule has 0 saturated heterocycles. The summed E-state index contributed by atoms with van der Waals surface area (Å²) < 4.78 is 25.8. The Morgan fingerprint density at radius 1 is 0.750 bits per heavy atom. The maximum absolute atomic E-state index is 14.5. The minimum atomic E-state index is -3.56. The molecule has 0 N–H and O–H groups in total. The molecule has 0 amide bonds. The number of benzene rings is 2. The molecule has 0 saturated carbocycles. The second kappa shape index (κ2) is 15.4. The van der Waals surface area contributed by atoms with Gasteiger partial charge in [0.2, 0.25) is 0 Å². The van der Waals surface area contributed by atoms with Crippen LogP contribution in [0.4, 0.5) is 0 Å². The van der Waals surface area contributed by atoms with E-state index in [9.17, 15) is 9.36 Å². The van der Waals surface area contributed by atoms with Gasteiger partial charge < -0.3 is 0 Å². The van der Waals surface area contributed by atoms with Gasteiger partial charge in [-0.15, -0.1) is 0 Å². The molecule has 0 aliphatic carbocycles. The van der Waals surface area contributed by atoms with Crippen molar-refractivity contribution in [2.75, 3.05) is 0 Å². The first kappa shape index (κ1) is 31.2. The summed E-state index contributed by atoms with van der Waals surface area (Å²) in [5, 5.41) is 1.17. The first-order valence-electron chi connectivity index (χ1n) is 14.2. The van der Waals surface area contributed by atoms with Crippen LogP contribution in [0.15, 0.2) is 60.7 Å². The van der Waals surface area contributed by atoms with Gasteiger partial charge in [0, 0.05) is 0 Å². The summed E-state index contributed by atoms with van der Waals surface area (Å²) in [5.41, 5.74) is -0.584. The van der Waals surface area contributed by atoms with E-state index < -0.39 is 31.2 Å². The molecule has 2 aromatic rings. The summed E-state index contributed by atoms with van der Waals surface area (Å²) in [5.74, 6) is -0.258. The summed E-state index contributed by atoms with van der Waals surface area (Å²) in [6, 6.07) is 18.6. The Balaban J connectivity index is 2.48. The summed E-state index contributed by atoms with van der Waals surface area (Å²) in [4.78, 5) is 14.2. The number of rotatable bonds is 17. The van der Waals surface area contributed by atoms with Crippen molar-refractivity contribution >= 4 is 42.3 Å². The van der Waals surface area contributed by atoms with Crippen LogP contribution >= 0.6 is 7.37 Å². The third-order valence-electron chi connectivity index (χ3n) is 7.65. The van der Waals surface area contributed by atoms with Crippen molar-refractivity contribution in [3.8, 4) is 0 Å². The van der Waals surface area contributed by atoms with Gasteiger partial charge in [-0.25, -0.2) is 0 Å². The Kier molecular flexibility index (Phi) is 13.3. The van der Waals surface area contributed by atoms with Gasteiger partial charge in [-0.1, -0.05) is 0 Å². The van der Waals surface area contributed by atoms with Crippen LogP contribution in [-0.2, 0) is 13.9 Å². The van der Waals surface area contributed by atoms with E-state index in [2.05, 4.69) is 34.6 Å². The monoisotopic (exact) mass is 620 g/mol. The van der Waals surface area contributed by atoms with Crippen LogP contribution in [0.1, 0.15) is 86.0 Å². The zero-order valence-corrected chi connectivity index (χ0v) is 27.2. The van der Waals surface area contributed by atoms with Crippen molar-refractivity contribution in [3.63, 3.8) is 0 Å². The van der Waals surface area contributed by atoms with Crippen LogP contribution in [0.2, 0.25) is 17.7 Å². The molecule has 36 heavy (non-hydrogen) atoms. The van der Waals surface area contributed by atoms with Crippen molar-refractivity contribution in [3.05, 3.63) is 60.7 Å². The second-order valence-electron chi connectivity index (χ2n) is 10.9. The molecule has 0 radical (unpaired) electrons. The van der Waals surface area contributed by atoms with Crippen molar-refractivity contribution in [1.29, 1.82) is 0 Å². The predicted octanol–water partition coefficient (Wildman–Crippen LogP) is 9.11. The molecule has 0 fully saturated rings. The zero-order valence-electron chi connectivity index (χ0n) is 23.4. The molecule has 0 aliphatic rings. The predicted molar refractivity (Wildman–Crippen MR) is 159 cm³/mol. The van der Waals surface area contributed by atoms with Gasteiger partial charge >= 0.3 is 226 Å². The first-order valence-corrected chi connectivity index (χ1v) is 23.9. The summed E-state index contributed by atoms with van der Waals surface area (Å²) in [7, 11) is -3.56. The van der Waals surface area contributed by atoms with E-state index in [1.807, 2.05) is 60.7 Å². The molecule has 5 heteroatoms. The molecule has 1 atom stereocenters. The average Bonchev–Trinajstić information content (AvgIpc) is 2.90. The van der Waals surface area contributed by atoms with E-state index in [1.54, 1.807) is 0 Å². The third kappa shape index (κ3) is 8.48. The number of hydrogen-bond donors (Lipinski definition) is 0. The molecule has 0 aliphatic heterocycles. The first-order chi connectivity index (χ1) is 17.3.